The summed E-state index contributed by atoms with van der Waals surface area (Å²) in [7, 11) is 0. The van der Waals surface area contributed by atoms with Gasteiger partial charge in [0.1, 0.15) is 36.1 Å². The average Bonchev–Trinajstić information content (AvgIpc) is 3.49. The minimum Gasteiger partial charge on any atom is -0.394 e. The third-order valence-electron chi connectivity index (χ3n) is 6.31. The van der Waals surface area contributed by atoms with Crippen molar-refractivity contribution in [1.82, 2.24) is 14.5 Å². The van der Waals surface area contributed by atoms with Crippen LogP contribution in [-0.2, 0) is 14.2 Å². The highest BCUT2D eigenvalue weighted by molar-refractivity contribution is 6.02. The number of aliphatic hydroxyl groups is 1. The zero-order valence-electron chi connectivity index (χ0n) is 19.0. The standard InChI is InChI=1S/C26H26N4O4/c1-26(2)33-21-19(14-31)32-25(22(21)34-26)30-13-18(16-9-5-3-6-10-16)20-23(27-15-28-24(20)30)29-17-11-7-4-8-12-17/h3-13,15,19,21-22,25,31H,14H2,1-2H3,(H,27,28,29)/t19-,21+,22+,25+/m0/s1. The second-order valence-corrected chi connectivity index (χ2v) is 9.04. The number of aromatic nitrogens is 3. The molecule has 34 heavy (non-hydrogen) atoms. The Kier molecular flexibility index (Phi) is 5.11. The van der Waals surface area contributed by atoms with Crippen molar-refractivity contribution in [2.24, 2.45) is 0 Å². The topological polar surface area (TPSA) is 90.7 Å². The molecule has 4 aromatic rings. The molecule has 0 unspecified atom stereocenters. The summed E-state index contributed by atoms with van der Waals surface area (Å²) in [6.07, 6.45) is 1.82. The summed E-state index contributed by atoms with van der Waals surface area (Å²) in [6.45, 7) is 3.60. The van der Waals surface area contributed by atoms with Gasteiger partial charge in [-0.1, -0.05) is 48.5 Å². The number of hydrogen-bond acceptors (Lipinski definition) is 7. The number of nitrogens with one attached hydrogen (secondary N) is 1. The van der Waals surface area contributed by atoms with Gasteiger partial charge in [-0.15, -0.1) is 0 Å². The van der Waals surface area contributed by atoms with Gasteiger partial charge in [0.2, 0.25) is 0 Å². The molecule has 174 valence electrons. The van der Waals surface area contributed by atoms with Crippen molar-refractivity contribution < 1.29 is 19.3 Å². The molecule has 0 saturated carbocycles. The molecule has 2 aromatic heterocycles. The van der Waals surface area contributed by atoms with E-state index in [1.807, 2.05) is 73.1 Å². The maximum Gasteiger partial charge on any atom is 0.164 e. The fourth-order valence-electron chi connectivity index (χ4n) is 4.90. The van der Waals surface area contributed by atoms with Gasteiger partial charge in [-0.25, -0.2) is 9.97 Å². The Balaban J connectivity index is 1.51. The molecule has 2 aliphatic rings. The van der Waals surface area contributed by atoms with E-state index in [1.54, 1.807) is 6.33 Å². The minimum absolute atomic E-state index is 0.155. The molecule has 0 radical (unpaired) electrons. The van der Waals surface area contributed by atoms with Gasteiger partial charge < -0.3 is 29.2 Å². The number of para-hydroxylation sites is 1. The van der Waals surface area contributed by atoms with Gasteiger partial charge in [0.05, 0.1) is 12.0 Å². The molecule has 2 aromatic carbocycles. The molecule has 0 bridgehead atoms. The van der Waals surface area contributed by atoms with Crippen LogP contribution in [0.25, 0.3) is 22.2 Å². The van der Waals surface area contributed by atoms with Crippen molar-refractivity contribution >= 4 is 22.5 Å². The van der Waals surface area contributed by atoms with Crippen LogP contribution in [0.15, 0.2) is 73.2 Å². The zero-order valence-corrected chi connectivity index (χ0v) is 19.0. The molecule has 0 amide bonds. The first-order chi connectivity index (χ1) is 16.5. The van der Waals surface area contributed by atoms with Gasteiger partial charge in [-0.05, 0) is 31.5 Å². The molecule has 2 saturated heterocycles. The van der Waals surface area contributed by atoms with E-state index < -0.39 is 18.1 Å². The average molecular weight is 459 g/mol. The number of ether oxygens (including phenoxy) is 3. The molecule has 4 heterocycles. The van der Waals surface area contributed by atoms with E-state index in [2.05, 4.69) is 27.4 Å². The number of benzene rings is 2. The summed E-state index contributed by atoms with van der Waals surface area (Å²) in [5.74, 6) is -0.0589. The Bertz CT molecular complexity index is 1310. The Hall–Kier alpha value is -3.30. The van der Waals surface area contributed by atoms with Crippen molar-refractivity contribution in [3.8, 4) is 11.1 Å². The Morgan fingerprint density at radius 2 is 1.68 bits per heavy atom. The van der Waals surface area contributed by atoms with E-state index in [-0.39, 0.29) is 18.8 Å². The summed E-state index contributed by atoms with van der Waals surface area (Å²) in [4.78, 5) is 9.23. The van der Waals surface area contributed by atoms with Crippen LogP contribution >= 0.6 is 0 Å². The molecule has 6 rings (SSSR count). The van der Waals surface area contributed by atoms with E-state index >= 15 is 0 Å². The summed E-state index contributed by atoms with van der Waals surface area (Å²) >= 11 is 0. The van der Waals surface area contributed by atoms with Crippen molar-refractivity contribution in [3.63, 3.8) is 0 Å². The van der Waals surface area contributed by atoms with Crippen molar-refractivity contribution in [2.45, 2.75) is 44.2 Å². The second-order valence-electron chi connectivity index (χ2n) is 9.04. The van der Waals surface area contributed by atoms with Gasteiger partial charge in [0.25, 0.3) is 0 Å². The van der Waals surface area contributed by atoms with Crippen LogP contribution in [0.3, 0.4) is 0 Å². The highest BCUT2D eigenvalue weighted by atomic mass is 16.8. The maximum atomic E-state index is 9.95. The van der Waals surface area contributed by atoms with E-state index in [0.717, 1.165) is 22.2 Å². The molecular weight excluding hydrogens is 432 g/mol. The van der Waals surface area contributed by atoms with Crippen LogP contribution in [0.5, 0.6) is 0 Å². The van der Waals surface area contributed by atoms with E-state index in [0.29, 0.717) is 11.5 Å². The van der Waals surface area contributed by atoms with E-state index in [9.17, 15) is 5.11 Å². The first-order valence-corrected chi connectivity index (χ1v) is 11.4. The third kappa shape index (κ3) is 3.56. The molecule has 0 aliphatic carbocycles. The lowest BCUT2D eigenvalue weighted by Crippen LogP contribution is -2.31. The van der Waals surface area contributed by atoms with Crippen LogP contribution in [0.4, 0.5) is 11.5 Å². The van der Waals surface area contributed by atoms with Gasteiger partial charge >= 0.3 is 0 Å². The number of nitrogens with zero attached hydrogens (tertiary/aromatic N) is 3. The van der Waals surface area contributed by atoms with E-state index in [1.165, 1.54) is 0 Å². The first kappa shape index (κ1) is 21.2. The molecule has 8 heteroatoms. The fraction of sp³-hybridized carbons (Fsp3) is 0.308. The summed E-state index contributed by atoms with van der Waals surface area (Å²) in [5.41, 5.74) is 3.65. The predicted octanol–water partition coefficient (Wildman–Crippen LogP) is 4.25. The highest BCUT2D eigenvalue weighted by Gasteiger charge is 2.56. The number of hydrogen-bond donors (Lipinski definition) is 2. The number of anilines is 2. The monoisotopic (exact) mass is 458 g/mol. The second kappa shape index (κ2) is 8.18. The van der Waals surface area contributed by atoms with Crippen LogP contribution < -0.4 is 5.32 Å². The van der Waals surface area contributed by atoms with E-state index in [4.69, 9.17) is 14.2 Å². The number of aliphatic hydroxyl groups excluding tert-OH is 1. The van der Waals surface area contributed by atoms with Crippen LogP contribution in [0.2, 0.25) is 0 Å². The Morgan fingerprint density at radius 3 is 2.41 bits per heavy atom. The molecule has 8 nitrogen and oxygen atoms in total. The smallest absolute Gasteiger partial charge is 0.164 e. The summed E-state index contributed by atoms with van der Waals surface area (Å²) in [5, 5.41) is 14.3. The van der Waals surface area contributed by atoms with Gasteiger partial charge in [0, 0.05) is 17.4 Å². The lowest BCUT2D eigenvalue weighted by molar-refractivity contribution is -0.199. The SMILES string of the molecule is CC1(C)O[C@@H]2[C@H](O1)[C@H](CO)O[C@H]2n1cc(-c2ccccc2)c2c(Nc3ccccc3)ncnc21. The Labute approximate surface area is 197 Å². The Morgan fingerprint density at radius 1 is 0.971 bits per heavy atom. The largest absolute Gasteiger partial charge is 0.394 e. The minimum atomic E-state index is -0.759. The molecule has 0 spiro atoms. The molecule has 2 N–H and O–H groups in total. The zero-order chi connectivity index (χ0) is 23.3. The molecular formula is C26H26N4O4. The summed E-state index contributed by atoms with van der Waals surface area (Å²) in [6, 6.07) is 20.0. The van der Waals surface area contributed by atoms with Crippen molar-refractivity contribution in [1.29, 1.82) is 0 Å². The molecule has 4 atom stereocenters. The molecule has 2 fully saturated rings. The lowest BCUT2D eigenvalue weighted by atomic mass is 10.1. The van der Waals surface area contributed by atoms with Crippen LogP contribution in [0, 0.1) is 0 Å². The quantitative estimate of drug-likeness (QED) is 0.462. The number of fused-ring (bicyclic) bond motifs is 2. The first-order valence-electron chi connectivity index (χ1n) is 11.4. The lowest BCUT2D eigenvalue weighted by Gasteiger charge is -2.24. The molecule has 2 aliphatic heterocycles. The summed E-state index contributed by atoms with van der Waals surface area (Å²) < 4.78 is 20.5. The van der Waals surface area contributed by atoms with Crippen molar-refractivity contribution in [3.05, 3.63) is 73.2 Å². The maximum absolute atomic E-state index is 9.95. The van der Waals surface area contributed by atoms with Gasteiger partial charge in [-0.2, -0.15) is 0 Å². The highest BCUT2D eigenvalue weighted by Crippen LogP contribution is 2.45. The van der Waals surface area contributed by atoms with Gasteiger partial charge in [0.15, 0.2) is 12.0 Å². The van der Waals surface area contributed by atoms with Crippen LogP contribution in [0.1, 0.15) is 20.1 Å². The predicted molar refractivity (Wildman–Crippen MR) is 128 cm³/mol. The number of rotatable bonds is 5. The van der Waals surface area contributed by atoms with Crippen LogP contribution in [-0.4, -0.2) is 50.3 Å². The normalized spacial score (nSPS) is 25.5. The fourth-order valence-corrected chi connectivity index (χ4v) is 4.90. The third-order valence-corrected chi connectivity index (χ3v) is 6.31. The van der Waals surface area contributed by atoms with Gasteiger partial charge in [-0.3, -0.25) is 0 Å². The van der Waals surface area contributed by atoms with Crippen molar-refractivity contribution in [2.75, 3.05) is 11.9 Å².